The molecular weight excluding hydrogens is 296 g/mol. The first-order chi connectivity index (χ1) is 8.83. The molecule has 0 bridgehead atoms. The summed E-state index contributed by atoms with van der Waals surface area (Å²) in [5.74, 6) is -2.05. The molecule has 1 unspecified atom stereocenters. The van der Waals surface area contributed by atoms with Crippen molar-refractivity contribution in [2.75, 3.05) is 13.1 Å². The molecule has 1 fully saturated rings. The van der Waals surface area contributed by atoms with Crippen molar-refractivity contribution in [3.63, 3.8) is 0 Å². The largest absolute Gasteiger partial charge is 0.479 e. The van der Waals surface area contributed by atoms with Gasteiger partial charge in [0.2, 0.25) is 5.67 Å². The summed E-state index contributed by atoms with van der Waals surface area (Å²) in [4.78, 5) is 24.1. The van der Waals surface area contributed by atoms with Crippen LogP contribution in [0.1, 0.15) is 16.8 Å². The summed E-state index contributed by atoms with van der Waals surface area (Å²) >= 11 is 11.6. The summed E-state index contributed by atoms with van der Waals surface area (Å²) < 4.78 is 13.9. The molecule has 0 aromatic heterocycles. The van der Waals surface area contributed by atoms with Gasteiger partial charge < -0.3 is 10.0 Å². The Kier molecular flexibility index (Phi) is 3.69. The molecule has 102 valence electrons. The second-order valence-electron chi connectivity index (χ2n) is 4.37. The highest BCUT2D eigenvalue weighted by atomic mass is 35.5. The number of aliphatic carboxylic acids is 1. The van der Waals surface area contributed by atoms with Crippen LogP contribution in [0.25, 0.3) is 0 Å². The van der Waals surface area contributed by atoms with Crippen molar-refractivity contribution in [1.82, 2.24) is 4.90 Å². The van der Waals surface area contributed by atoms with Crippen molar-refractivity contribution in [3.8, 4) is 0 Å². The first kappa shape index (κ1) is 14.1. The number of benzene rings is 1. The van der Waals surface area contributed by atoms with E-state index < -0.39 is 24.1 Å². The quantitative estimate of drug-likeness (QED) is 0.914. The van der Waals surface area contributed by atoms with E-state index in [4.69, 9.17) is 28.3 Å². The number of carboxylic acids is 1. The Labute approximate surface area is 118 Å². The van der Waals surface area contributed by atoms with Crippen LogP contribution in [0.4, 0.5) is 4.39 Å². The predicted molar refractivity (Wildman–Crippen MR) is 68.5 cm³/mol. The normalized spacial score (nSPS) is 22.6. The Hall–Kier alpha value is -1.33. The molecule has 1 heterocycles. The van der Waals surface area contributed by atoms with Crippen LogP contribution in [0.3, 0.4) is 0 Å². The maximum absolute atomic E-state index is 13.9. The Bertz CT molecular complexity index is 552. The van der Waals surface area contributed by atoms with Crippen molar-refractivity contribution in [1.29, 1.82) is 0 Å². The molecule has 0 radical (unpaired) electrons. The minimum Gasteiger partial charge on any atom is -0.479 e. The monoisotopic (exact) mass is 305 g/mol. The molecule has 7 heteroatoms. The van der Waals surface area contributed by atoms with Gasteiger partial charge in [0.25, 0.3) is 5.91 Å². The third-order valence-electron chi connectivity index (χ3n) is 3.05. The SMILES string of the molecule is O=C(c1ccc(Cl)cc1Cl)N1CCC(F)(C(=O)O)C1. The van der Waals surface area contributed by atoms with Gasteiger partial charge in [0.1, 0.15) is 0 Å². The van der Waals surface area contributed by atoms with Crippen LogP contribution in [0.15, 0.2) is 18.2 Å². The first-order valence-electron chi connectivity index (χ1n) is 5.50. The van der Waals surface area contributed by atoms with Crippen molar-refractivity contribution in [2.45, 2.75) is 12.1 Å². The Morgan fingerprint density at radius 3 is 2.58 bits per heavy atom. The maximum Gasteiger partial charge on any atom is 0.343 e. The summed E-state index contributed by atoms with van der Waals surface area (Å²) in [6.45, 7) is -0.430. The number of carbonyl (C=O) groups is 2. The lowest BCUT2D eigenvalue weighted by Crippen LogP contribution is -2.39. The van der Waals surface area contributed by atoms with Crippen molar-refractivity contribution in [3.05, 3.63) is 33.8 Å². The van der Waals surface area contributed by atoms with Gasteiger partial charge >= 0.3 is 5.97 Å². The fourth-order valence-electron chi connectivity index (χ4n) is 1.95. The minimum atomic E-state index is -2.38. The van der Waals surface area contributed by atoms with E-state index in [1.165, 1.54) is 18.2 Å². The van der Waals surface area contributed by atoms with Crippen LogP contribution in [-0.2, 0) is 4.79 Å². The molecule has 1 N–H and O–H groups in total. The number of alkyl halides is 1. The van der Waals surface area contributed by atoms with Gasteiger partial charge in [0.15, 0.2) is 0 Å². The summed E-state index contributed by atoms with van der Waals surface area (Å²) in [6, 6.07) is 4.34. The van der Waals surface area contributed by atoms with Crippen LogP contribution in [0.2, 0.25) is 10.0 Å². The zero-order valence-corrected chi connectivity index (χ0v) is 11.2. The Morgan fingerprint density at radius 1 is 1.37 bits per heavy atom. The van der Waals surface area contributed by atoms with Gasteiger partial charge in [0, 0.05) is 18.0 Å². The number of likely N-dealkylation sites (tertiary alicyclic amines) is 1. The van der Waals surface area contributed by atoms with Crippen LogP contribution in [0, 0.1) is 0 Å². The highest BCUT2D eigenvalue weighted by Crippen LogP contribution is 2.29. The number of nitrogens with zero attached hydrogens (tertiary/aromatic N) is 1. The molecule has 1 atom stereocenters. The predicted octanol–water partition coefficient (Wildman–Crippen LogP) is 2.63. The lowest BCUT2D eigenvalue weighted by Gasteiger charge is -2.18. The van der Waals surface area contributed by atoms with Crippen LogP contribution in [-0.4, -0.2) is 40.6 Å². The maximum atomic E-state index is 13.9. The third-order valence-corrected chi connectivity index (χ3v) is 3.60. The van der Waals surface area contributed by atoms with Gasteiger partial charge in [-0.3, -0.25) is 4.79 Å². The van der Waals surface area contributed by atoms with Crippen molar-refractivity contribution in [2.24, 2.45) is 0 Å². The Balaban J connectivity index is 2.20. The molecule has 2 rings (SSSR count). The molecule has 1 aliphatic rings. The molecule has 1 aromatic rings. The summed E-state index contributed by atoms with van der Waals surface area (Å²) in [5, 5.41) is 9.32. The van der Waals surface area contributed by atoms with Crippen LogP contribution in [0.5, 0.6) is 0 Å². The van der Waals surface area contributed by atoms with E-state index in [0.717, 1.165) is 4.90 Å². The zero-order chi connectivity index (χ0) is 14.2. The molecule has 1 aromatic carbocycles. The molecule has 4 nitrogen and oxygen atoms in total. The van der Waals surface area contributed by atoms with Crippen LogP contribution >= 0.6 is 23.2 Å². The summed E-state index contributed by atoms with van der Waals surface area (Å²) in [7, 11) is 0. The van der Waals surface area contributed by atoms with Crippen LogP contribution < -0.4 is 0 Å². The summed E-state index contributed by atoms with van der Waals surface area (Å²) in [6.07, 6.45) is -0.223. The molecule has 0 saturated carbocycles. The van der Waals surface area contributed by atoms with E-state index in [2.05, 4.69) is 0 Å². The number of halogens is 3. The summed E-state index contributed by atoms with van der Waals surface area (Å²) in [5.41, 5.74) is -2.20. The number of carbonyl (C=O) groups excluding carboxylic acids is 1. The van der Waals surface area contributed by atoms with E-state index in [1.807, 2.05) is 0 Å². The van der Waals surface area contributed by atoms with E-state index in [0.29, 0.717) is 5.02 Å². The average Bonchev–Trinajstić information content (AvgIpc) is 2.73. The number of rotatable bonds is 2. The van der Waals surface area contributed by atoms with Crippen molar-refractivity contribution < 1.29 is 19.1 Å². The van der Waals surface area contributed by atoms with Gasteiger partial charge in [-0.2, -0.15) is 0 Å². The lowest BCUT2D eigenvalue weighted by atomic mass is 10.1. The fourth-order valence-corrected chi connectivity index (χ4v) is 2.44. The zero-order valence-electron chi connectivity index (χ0n) is 9.70. The van der Waals surface area contributed by atoms with Gasteiger partial charge in [-0.1, -0.05) is 23.2 Å². The number of carboxylic acid groups (broad SMARTS) is 1. The Morgan fingerprint density at radius 2 is 2.05 bits per heavy atom. The topological polar surface area (TPSA) is 57.6 Å². The highest BCUT2D eigenvalue weighted by molar-refractivity contribution is 6.36. The molecule has 1 amide bonds. The number of amides is 1. The number of hydrogen-bond acceptors (Lipinski definition) is 2. The molecule has 19 heavy (non-hydrogen) atoms. The van der Waals surface area contributed by atoms with Gasteiger partial charge in [-0.15, -0.1) is 0 Å². The smallest absolute Gasteiger partial charge is 0.343 e. The van der Waals surface area contributed by atoms with E-state index >= 15 is 0 Å². The average molecular weight is 306 g/mol. The molecule has 0 aliphatic carbocycles. The molecule has 1 saturated heterocycles. The van der Waals surface area contributed by atoms with Crippen molar-refractivity contribution >= 4 is 35.1 Å². The van der Waals surface area contributed by atoms with E-state index in [1.54, 1.807) is 0 Å². The molecule has 1 aliphatic heterocycles. The highest BCUT2D eigenvalue weighted by Gasteiger charge is 2.47. The lowest BCUT2D eigenvalue weighted by molar-refractivity contribution is -0.149. The molecular formula is C12H10Cl2FNO3. The fraction of sp³-hybridized carbons (Fsp3) is 0.333. The van der Waals surface area contributed by atoms with Gasteiger partial charge in [0.05, 0.1) is 17.1 Å². The van der Waals surface area contributed by atoms with Gasteiger partial charge in [-0.05, 0) is 18.2 Å². The third kappa shape index (κ3) is 2.67. The van der Waals surface area contributed by atoms with Gasteiger partial charge in [-0.25, -0.2) is 9.18 Å². The standard InChI is InChI=1S/C12H10Cl2FNO3/c13-7-1-2-8(9(14)5-7)10(17)16-4-3-12(15,6-16)11(18)19/h1-2,5H,3-4,6H2,(H,18,19). The first-order valence-corrected chi connectivity index (χ1v) is 6.26. The second kappa shape index (κ2) is 4.98. The molecule has 0 spiro atoms. The van der Waals surface area contributed by atoms with E-state index in [-0.39, 0.29) is 23.6 Å². The number of hydrogen-bond donors (Lipinski definition) is 1. The minimum absolute atomic E-state index is 0.0423. The second-order valence-corrected chi connectivity index (χ2v) is 5.21. The van der Waals surface area contributed by atoms with E-state index in [9.17, 15) is 14.0 Å².